The van der Waals surface area contributed by atoms with Gasteiger partial charge in [0.1, 0.15) is 5.69 Å². The molecule has 0 atom stereocenters. The van der Waals surface area contributed by atoms with Crippen molar-refractivity contribution in [3.8, 4) is 11.3 Å². The highest BCUT2D eigenvalue weighted by Gasteiger charge is 2.14. The average molecular weight is 260 g/mol. The second-order valence-electron chi connectivity index (χ2n) is 4.37. The highest BCUT2D eigenvalue weighted by Crippen LogP contribution is 2.25. The van der Waals surface area contributed by atoms with E-state index in [4.69, 9.17) is 5.11 Å². The summed E-state index contributed by atoms with van der Waals surface area (Å²) in [5, 5.41) is 17.4. The normalized spacial score (nSPS) is 10.4. The van der Waals surface area contributed by atoms with Crippen LogP contribution < -0.4 is 4.90 Å². The standard InChI is InChI=1S/C13H16N4O2/c1-16(2)13-12(10-6-4-3-5-7-10)14-17(15-13)9-8-11(18)19/h3-7H,8-9H2,1-2H3,(H,18,19). The molecule has 100 valence electrons. The Morgan fingerprint density at radius 1 is 1.26 bits per heavy atom. The number of nitrogens with zero attached hydrogens (tertiary/aromatic N) is 4. The molecule has 0 aliphatic heterocycles. The molecule has 2 aromatic rings. The van der Waals surface area contributed by atoms with E-state index in [-0.39, 0.29) is 13.0 Å². The van der Waals surface area contributed by atoms with Crippen molar-refractivity contribution >= 4 is 11.8 Å². The number of aryl methyl sites for hydroxylation is 1. The Bertz CT molecular complexity index is 563. The number of aromatic nitrogens is 3. The van der Waals surface area contributed by atoms with Gasteiger partial charge in [0.2, 0.25) is 0 Å². The van der Waals surface area contributed by atoms with Crippen LogP contribution in [0.1, 0.15) is 6.42 Å². The molecule has 0 aliphatic rings. The number of benzene rings is 1. The SMILES string of the molecule is CN(C)c1nn(CCC(=O)O)nc1-c1ccccc1. The Balaban J connectivity index is 2.34. The van der Waals surface area contributed by atoms with Crippen LogP contribution >= 0.6 is 0 Å². The van der Waals surface area contributed by atoms with Gasteiger partial charge in [-0.15, -0.1) is 5.10 Å². The quantitative estimate of drug-likeness (QED) is 0.881. The molecule has 1 N–H and O–H groups in total. The van der Waals surface area contributed by atoms with E-state index in [0.29, 0.717) is 0 Å². The third-order valence-corrected chi connectivity index (χ3v) is 2.63. The van der Waals surface area contributed by atoms with E-state index < -0.39 is 5.97 Å². The minimum atomic E-state index is -0.857. The number of hydrogen-bond acceptors (Lipinski definition) is 4. The molecule has 19 heavy (non-hydrogen) atoms. The zero-order valence-electron chi connectivity index (χ0n) is 10.9. The van der Waals surface area contributed by atoms with Crippen LogP contribution in [0, 0.1) is 0 Å². The van der Waals surface area contributed by atoms with Crippen molar-refractivity contribution in [3.63, 3.8) is 0 Å². The topological polar surface area (TPSA) is 71.2 Å². The van der Waals surface area contributed by atoms with Gasteiger partial charge in [-0.05, 0) is 0 Å². The largest absolute Gasteiger partial charge is 0.481 e. The molecule has 0 fully saturated rings. The molecule has 0 radical (unpaired) electrons. The summed E-state index contributed by atoms with van der Waals surface area (Å²) in [7, 11) is 3.77. The Morgan fingerprint density at radius 2 is 1.95 bits per heavy atom. The van der Waals surface area contributed by atoms with Gasteiger partial charge >= 0.3 is 5.97 Å². The molecule has 2 rings (SSSR count). The number of rotatable bonds is 5. The molecule has 0 unspecified atom stereocenters. The maximum atomic E-state index is 10.6. The van der Waals surface area contributed by atoms with E-state index in [1.807, 2.05) is 49.3 Å². The Hall–Kier alpha value is -2.37. The van der Waals surface area contributed by atoms with E-state index in [0.717, 1.165) is 17.1 Å². The number of carboxylic acids is 1. The zero-order valence-corrected chi connectivity index (χ0v) is 10.9. The summed E-state index contributed by atoms with van der Waals surface area (Å²) in [5.41, 5.74) is 1.73. The molecule has 6 nitrogen and oxygen atoms in total. The van der Waals surface area contributed by atoms with E-state index in [9.17, 15) is 4.79 Å². The van der Waals surface area contributed by atoms with Crippen molar-refractivity contribution in [2.24, 2.45) is 0 Å². The third-order valence-electron chi connectivity index (χ3n) is 2.63. The number of carbonyl (C=O) groups is 1. The van der Waals surface area contributed by atoms with Gasteiger partial charge in [-0.1, -0.05) is 30.3 Å². The fraction of sp³-hybridized carbons (Fsp3) is 0.308. The smallest absolute Gasteiger partial charge is 0.305 e. The Kier molecular flexibility index (Phi) is 3.79. The Labute approximate surface area is 111 Å². The lowest BCUT2D eigenvalue weighted by atomic mass is 10.1. The molecular formula is C13H16N4O2. The lowest BCUT2D eigenvalue weighted by Crippen LogP contribution is -2.12. The summed E-state index contributed by atoms with van der Waals surface area (Å²) in [5.74, 6) is -0.124. The fourth-order valence-electron chi connectivity index (χ4n) is 1.72. The highest BCUT2D eigenvalue weighted by molar-refractivity contribution is 5.71. The van der Waals surface area contributed by atoms with Crippen LogP contribution in [0.15, 0.2) is 30.3 Å². The predicted molar refractivity (Wildman–Crippen MR) is 72.0 cm³/mol. The summed E-state index contributed by atoms with van der Waals surface area (Å²) in [6, 6.07) is 9.72. The lowest BCUT2D eigenvalue weighted by Gasteiger charge is -2.09. The van der Waals surface area contributed by atoms with Crippen LogP contribution in [0.25, 0.3) is 11.3 Å². The molecule has 1 aromatic heterocycles. The average Bonchev–Trinajstić information content (AvgIpc) is 2.82. The molecule has 0 amide bonds. The minimum Gasteiger partial charge on any atom is -0.481 e. The molecule has 1 aromatic carbocycles. The number of carboxylic acid groups (broad SMARTS) is 1. The van der Waals surface area contributed by atoms with E-state index in [1.54, 1.807) is 0 Å². The summed E-state index contributed by atoms with van der Waals surface area (Å²) >= 11 is 0. The van der Waals surface area contributed by atoms with Crippen LogP contribution in [0.3, 0.4) is 0 Å². The van der Waals surface area contributed by atoms with E-state index >= 15 is 0 Å². The van der Waals surface area contributed by atoms with Gasteiger partial charge in [-0.3, -0.25) is 4.79 Å². The van der Waals surface area contributed by atoms with Crippen LogP contribution in [0.5, 0.6) is 0 Å². The van der Waals surface area contributed by atoms with Crippen molar-refractivity contribution in [1.29, 1.82) is 0 Å². The van der Waals surface area contributed by atoms with Gasteiger partial charge in [0.15, 0.2) is 5.82 Å². The van der Waals surface area contributed by atoms with Crippen molar-refractivity contribution in [1.82, 2.24) is 15.0 Å². The maximum absolute atomic E-state index is 10.6. The van der Waals surface area contributed by atoms with Crippen molar-refractivity contribution in [2.45, 2.75) is 13.0 Å². The van der Waals surface area contributed by atoms with Gasteiger partial charge < -0.3 is 10.0 Å². The first kappa shape index (κ1) is 13.1. The number of aliphatic carboxylic acids is 1. The second-order valence-corrected chi connectivity index (χ2v) is 4.37. The van der Waals surface area contributed by atoms with Crippen LogP contribution in [0.4, 0.5) is 5.82 Å². The molecule has 0 bridgehead atoms. The van der Waals surface area contributed by atoms with Gasteiger partial charge in [-0.2, -0.15) is 9.90 Å². The molecular weight excluding hydrogens is 244 g/mol. The van der Waals surface area contributed by atoms with Crippen molar-refractivity contribution in [2.75, 3.05) is 19.0 Å². The minimum absolute atomic E-state index is 0.00970. The number of hydrogen-bond donors (Lipinski definition) is 1. The van der Waals surface area contributed by atoms with Crippen molar-refractivity contribution < 1.29 is 9.90 Å². The van der Waals surface area contributed by atoms with Gasteiger partial charge in [0.25, 0.3) is 0 Å². The molecule has 1 heterocycles. The number of anilines is 1. The molecule has 0 aliphatic carbocycles. The molecule has 0 spiro atoms. The van der Waals surface area contributed by atoms with Crippen LogP contribution in [-0.2, 0) is 11.3 Å². The van der Waals surface area contributed by atoms with E-state index in [1.165, 1.54) is 4.80 Å². The first-order valence-electron chi connectivity index (χ1n) is 5.97. The Morgan fingerprint density at radius 3 is 2.53 bits per heavy atom. The van der Waals surface area contributed by atoms with Gasteiger partial charge in [-0.25, -0.2) is 0 Å². The van der Waals surface area contributed by atoms with Crippen LogP contribution in [-0.4, -0.2) is 40.2 Å². The second kappa shape index (κ2) is 5.51. The fourth-order valence-corrected chi connectivity index (χ4v) is 1.72. The first-order valence-corrected chi connectivity index (χ1v) is 5.97. The lowest BCUT2D eigenvalue weighted by molar-refractivity contribution is -0.137. The van der Waals surface area contributed by atoms with Crippen molar-refractivity contribution in [3.05, 3.63) is 30.3 Å². The first-order chi connectivity index (χ1) is 9.08. The molecule has 0 saturated carbocycles. The van der Waals surface area contributed by atoms with Gasteiger partial charge in [0, 0.05) is 19.7 Å². The van der Waals surface area contributed by atoms with E-state index in [2.05, 4.69) is 10.2 Å². The summed E-state index contributed by atoms with van der Waals surface area (Å²) in [6.07, 6.45) is 0.00970. The zero-order chi connectivity index (χ0) is 13.8. The predicted octanol–water partition coefficient (Wildman–Crippen LogP) is 1.49. The van der Waals surface area contributed by atoms with Crippen LogP contribution in [0.2, 0.25) is 0 Å². The summed E-state index contributed by atoms with van der Waals surface area (Å²) < 4.78 is 0. The summed E-state index contributed by atoms with van der Waals surface area (Å²) in [4.78, 5) is 13.9. The monoisotopic (exact) mass is 260 g/mol. The summed E-state index contributed by atoms with van der Waals surface area (Å²) in [6.45, 7) is 0.267. The molecule has 0 saturated heterocycles. The van der Waals surface area contributed by atoms with Gasteiger partial charge in [0.05, 0.1) is 13.0 Å². The third kappa shape index (κ3) is 3.09. The maximum Gasteiger partial charge on any atom is 0.305 e. The highest BCUT2D eigenvalue weighted by atomic mass is 16.4. The molecule has 6 heteroatoms.